The first kappa shape index (κ1) is 10.7. The Kier molecular flexibility index (Phi) is 5.70. The molecule has 1 N–H and O–H groups in total. The molecule has 0 radical (unpaired) electrons. The van der Waals surface area contributed by atoms with Gasteiger partial charge in [-0.2, -0.15) is 5.10 Å². The molecular weight excluding hydrogens is 148 g/mol. The van der Waals surface area contributed by atoms with Crippen molar-refractivity contribution in [1.82, 2.24) is 0 Å². The lowest BCUT2D eigenvalue weighted by Crippen LogP contribution is -1.88. The van der Waals surface area contributed by atoms with Crippen LogP contribution in [0, 0.1) is 6.92 Å². The summed E-state index contributed by atoms with van der Waals surface area (Å²) in [4.78, 5) is 0. The van der Waals surface area contributed by atoms with Gasteiger partial charge in [-0.05, 0) is 18.6 Å². The first-order chi connectivity index (χ1) is 5.84. The number of anilines is 1. The van der Waals surface area contributed by atoms with Gasteiger partial charge in [-0.25, -0.2) is 0 Å². The Morgan fingerprint density at radius 2 is 1.83 bits per heavy atom. The molecule has 12 heavy (non-hydrogen) atoms. The van der Waals surface area contributed by atoms with Crippen LogP contribution < -0.4 is 5.43 Å². The van der Waals surface area contributed by atoms with Gasteiger partial charge in [-0.15, -0.1) is 0 Å². The van der Waals surface area contributed by atoms with Crippen LogP contribution in [0.1, 0.15) is 19.4 Å². The van der Waals surface area contributed by atoms with Gasteiger partial charge in [-0.1, -0.05) is 32.0 Å². The highest BCUT2D eigenvalue weighted by Gasteiger charge is 1.90. The molecule has 0 heterocycles. The highest BCUT2D eigenvalue weighted by Crippen LogP contribution is 2.11. The van der Waals surface area contributed by atoms with Gasteiger partial charge < -0.3 is 0 Å². The molecule has 0 aliphatic rings. The standard InChI is InChI=1S/C8H10N2.C2H6/c1-7-5-3-4-6-8(7)10-9-2;1-2/h3-6,10H,2H2,1H3;1-2H3. The molecule has 0 atom stereocenters. The number of nitrogens with zero attached hydrogens (tertiary/aromatic N) is 1. The third-order valence-corrected chi connectivity index (χ3v) is 1.34. The number of benzene rings is 1. The van der Waals surface area contributed by atoms with Gasteiger partial charge in [0, 0.05) is 6.72 Å². The fraction of sp³-hybridized carbons (Fsp3) is 0.300. The Bertz CT molecular complexity index is 231. The second-order valence-electron chi connectivity index (χ2n) is 2.08. The summed E-state index contributed by atoms with van der Waals surface area (Å²) in [6.45, 7) is 9.36. The van der Waals surface area contributed by atoms with E-state index in [0.717, 1.165) is 5.69 Å². The highest BCUT2D eigenvalue weighted by molar-refractivity contribution is 5.50. The largest absolute Gasteiger partial charge is 0.279 e. The van der Waals surface area contributed by atoms with E-state index in [2.05, 4.69) is 17.2 Å². The predicted octanol–water partition coefficient (Wildman–Crippen LogP) is 3.05. The molecule has 0 fully saturated rings. The fourth-order valence-corrected chi connectivity index (χ4v) is 0.784. The Morgan fingerprint density at radius 3 is 2.33 bits per heavy atom. The van der Waals surface area contributed by atoms with Crippen molar-refractivity contribution in [2.45, 2.75) is 20.8 Å². The third-order valence-electron chi connectivity index (χ3n) is 1.34. The summed E-state index contributed by atoms with van der Waals surface area (Å²) in [5.41, 5.74) is 4.98. The van der Waals surface area contributed by atoms with Crippen LogP contribution in [0.4, 0.5) is 5.69 Å². The minimum absolute atomic E-state index is 1.01. The maximum atomic E-state index is 3.57. The number of rotatable bonds is 2. The van der Waals surface area contributed by atoms with Crippen LogP contribution in [-0.4, -0.2) is 6.72 Å². The lowest BCUT2D eigenvalue weighted by molar-refractivity contribution is 1.32. The summed E-state index contributed by atoms with van der Waals surface area (Å²) in [5.74, 6) is 0. The van der Waals surface area contributed by atoms with Crippen LogP contribution in [0.15, 0.2) is 29.4 Å². The summed E-state index contributed by atoms with van der Waals surface area (Å²) in [5, 5.41) is 3.57. The predicted molar refractivity (Wildman–Crippen MR) is 55.7 cm³/mol. The van der Waals surface area contributed by atoms with Crippen LogP contribution in [0.5, 0.6) is 0 Å². The molecule has 0 saturated heterocycles. The molecule has 0 unspecified atom stereocenters. The third kappa shape index (κ3) is 3.19. The summed E-state index contributed by atoms with van der Waals surface area (Å²) in [6, 6.07) is 7.93. The SMILES string of the molecule is C=NNc1ccccc1C.CC. The average molecular weight is 164 g/mol. The highest BCUT2D eigenvalue weighted by atomic mass is 15.3. The Hall–Kier alpha value is -1.31. The molecule has 66 valence electrons. The van der Waals surface area contributed by atoms with Crippen molar-refractivity contribution in [2.75, 3.05) is 5.43 Å². The van der Waals surface area contributed by atoms with Gasteiger partial charge in [0.15, 0.2) is 0 Å². The van der Waals surface area contributed by atoms with E-state index in [-0.39, 0.29) is 0 Å². The van der Waals surface area contributed by atoms with Gasteiger partial charge in [0.1, 0.15) is 0 Å². The zero-order chi connectivity index (χ0) is 9.40. The van der Waals surface area contributed by atoms with Crippen molar-refractivity contribution >= 4 is 12.4 Å². The number of hydrogen-bond donors (Lipinski definition) is 1. The van der Waals surface area contributed by atoms with Gasteiger partial charge in [0.25, 0.3) is 0 Å². The summed E-state index contributed by atoms with van der Waals surface area (Å²) in [6.07, 6.45) is 0. The molecule has 0 bridgehead atoms. The zero-order valence-electron chi connectivity index (χ0n) is 7.96. The second kappa shape index (κ2) is 6.40. The average Bonchev–Trinajstić information content (AvgIpc) is 2.13. The maximum absolute atomic E-state index is 3.57. The molecule has 2 nitrogen and oxygen atoms in total. The first-order valence-electron chi connectivity index (χ1n) is 4.12. The van der Waals surface area contributed by atoms with E-state index in [1.54, 1.807) is 0 Å². The number of aryl methyl sites for hydroxylation is 1. The summed E-state index contributed by atoms with van der Waals surface area (Å²) in [7, 11) is 0. The van der Waals surface area contributed by atoms with Crippen molar-refractivity contribution < 1.29 is 0 Å². The molecule has 0 amide bonds. The van der Waals surface area contributed by atoms with Crippen molar-refractivity contribution in [2.24, 2.45) is 5.10 Å². The molecule has 1 aromatic rings. The Morgan fingerprint density at radius 1 is 1.25 bits per heavy atom. The molecule has 1 aromatic carbocycles. The van der Waals surface area contributed by atoms with Crippen LogP contribution in [0.2, 0.25) is 0 Å². The normalized spacial score (nSPS) is 7.92. The van der Waals surface area contributed by atoms with E-state index in [1.165, 1.54) is 5.56 Å². The molecular formula is C10H16N2. The number of para-hydroxylation sites is 1. The topological polar surface area (TPSA) is 24.4 Å². The maximum Gasteiger partial charge on any atom is 0.0590 e. The quantitative estimate of drug-likeness (QED) is 0.527. The minimum Gasteiger partial charge on any atom is -0.279 e. The molecule has 1 rings (SSSR count). The number of hydrogen-bond acceptors (Lipinski definition) is 2. The second-order valence-corrected chi connectivity index (χ2v) is 2.08. The Labute approximate surface area is 74.3 Å². The molecule has 2 heteroatoms. The smallest absolute Gasteiger partial charge is 0.0590 e. The van der Waals surface area contributed by atoms with Crippen LogP contribution in [0.25, 0.3) is 0 Å². The molecule has 0 aromatic heterocycles. The van der Waals surface area contributed by atoms with Crippen LogP contribution in [-0.2, 0) is 0 Å². The van der Waals surface area contributed by atoms with E-state index < -0.39 is 0 Å². The molecule has 0 saturated carbocycles. The lowest BCUT2D eigenvalue weighted by Gasteiger charge is -2.01. The summed E-state index contributed by atoms with van der Waals surface area (Å²) < 4.78 is 0. The first-order valence-corrected chi connectivity index (χ1v) is 4.12. The van der Waals surface area contributed by atoms with Crippen molar-refractivity contribution in [3.63, 3.8) is 0 Å². The number of hydrazone groups is 1. The zero-order valence-corrected chi connectivity index (χ0v) is 7.96. The van der Waals surface area contributed by atoms with E-state index in [1.807, 2.05) is 45.0 Å². The fourth-order valence-electron chi connectivity index (χ4n) is 0.784. The van der Waals surface area contributed by atoms with E-state index in [4.69, 9.17) is 0 Å². The molecule has 0 aliphatic carbocycles. The summed E-state index contributed by atoms with van der Waals surface area (Å²) >= 11 is 0. The van der Waals surface area contributed by atoms with Crippen molar-refractivity contribution in [3.05, 3.63) is 29.8 Å². The van der Waals surface area contributed by atoms with E-state index >= 15 is 0 Å². The van der Waals surface area contributed by atoms with Gasteiger partial charge in [0.2, 0.25) is 0 Å². The molecule has 0 aliphatic heterocycles. The van der Waals surface area contributed by atoms with Crippen molar-refractivity contribution in [3.8, 4) is 0 Å². The Balaban J connectivity index is 0.000000561. The van der Waals surface area contributed by atoms with Gasteiger partial charge in [0.05, 0.1) is 5.69 Å². The van der Waals surface area contributed by atoms with Crippen LogP contribution >= 0.6 is 0 Å². The van der Waals surface area contributed by atoms with E-state index in [0.29, 0.717) is 0 Å². The van der Waals surface area contributed by atoms with E-state index in [9.17, 15) is 0 Å². The van der Waals surface area contributed by atoms with Gasteiger partial charge >= 0.3 is 0 Å². The number of nitrogens with one attached hydrogen (secondary N) is 1. The molecule has 0 spiro atoms. The lowest BCUT2D eigenvalue weighted by atomic mass is 10.2. The van der Waals surface area contributed by atoms with Crippen LogP contribution in [0.3, 0.4) is 0 Å². The van der Waals surface area contributed by atoms with Gasteiger partial charge in [-0.3, -0.25) is 5.43 Å². The van der Waals surface area contributed by atoms with Crippen molar-refractivity contribution in [1.29, 1.82) is 0 Å². The minimum atomic E-state index is 1.01. The monoisotopic (exact) mass is 164 g/mol.